The summed E-state index contributed by atoms with van der Waals surface area (Å²) >= 11 is 0. The second kappa shape index (κ2) is 10.7. The van der Waals surface area contributed by atoms with Crippen molar-refractivity contribution in [3.8, 4) is 0 Å². The SMILES string of the molecule is Cc1cc(C(C)C)c(NC(=O)NS(=O)(=O)N2CCN(Cc3ccccc3)CC2)c(C(C)C)c1. The molecule has 1 aliphatic rings. The average molecular weight is 473 g/mol. The van der Waals surface area contributed by atoms with E-state index in [4.69, 9.17) is 0 Å². The van der Waals surface area contributed by atoms with Gasteiger partial charge in [-0.2, -0.15) is 12.7 Å². The fourth-order valence-corrected chi connectivity index (χ4v) is 5.25. The third-order valence-corrected chi connectivity index (χ3v) is 7.46. The number of urea groups is 1. The Morgan fingerprint density at radius 1 is 0.939 bits per heavy atom. The number of rotatable bonds is 7. The van der Waals surface area contributed by atoms with Gasteiger partial charge in [0, 0.05) is 38.4 Å². The van der Waals surface area contributed by atoms with Gasteiger partial charge in [0.2, 0.25) is 0 Å². The van der Waals surface area contributed by atoms with Crippen LogP contribution in [0.15, 0.2) is 42.5 Å². The maximum Gasteiger partial charge on any atom is 0.333 e. The first-order valence-electron chi connectivity index (χ1n) is 11.6. The largest absolute Gasteiger partial charge is 0.333 e. The summed E-state index contributed by atoms with van der Waals surface area (Å²) in [7, 11) is -3.93. The second-order valence-electron chi connectivity index (χ2n) is 9.35. The Kier molecular flexibility index (Phi) is 8.15. The Hall–Kier alpha value is -2.42. The predicted molar refractivity (Wildman–Crippen MR) is 134 cm³/mol. The molecule has 7 nitrogen and oxygen atoms in total. The van der Waals surface area contributed by atoms with Gasteiger partial charge in [0.1, 0.15) is 0 Å². The van der Waals surface area contributed by atoms with Gasteiger partial charge < -0.3 is 5.32 Å². The molecule has 33 heavy (non-hydrogen) atoms. The number of anilines is 1. The molecule has 2 N–H and O–H groups in total. The Bertz CT molecular complexity index is 1030. The smallest absolute Gasteiger partial charge is 0.307 e. The van der Waals surface area contributed by atoms with Gasteiger partial charge in [-0.25, -0.2) is 9.52 Å². The van der Waals surface area contributed by atoms with Crippen LogP contribution in [0.5, 0.6) is 0 Å². The normalized spacial score (nSPS) is 15.7. The van der Waals surface area contributed by atoms with Gasteiger partial charge in [0.25, 0.3) is 0 Å². The molecule has 2 amide bonds. The lowest BCUT2D eigenvalue weighted by atomic mass is 9.90. The van der Waals surface area contributed by atoms with Gasteiger partial charge in [-0.3, -0.25) is 4.90 Å². The zero-order valence-electron chi connectivity index (χ0n) is 20.3. The van der Waals surface area contributed by atoms with Crippen molar-refractivity contribution in [2.24, 2.45) is 0 Å². The number of aryl methyl sites for hydroxylation is 1. The highest BCUT2D eigenvalue weighted by atomic mass is 32.2. The number of benzene rings is 2. The van der Waals surface area contributed by atoms with E-state index >= 15 is 0 Å². The zero-order chi connectivity index (χ0) is 24.2. The summed E-state index contributed by atoms with van der Waals surface area (Å²) in [5.41, 5.74) is 5.02. The molecule has 2 aromatic rings. The molecule has 0 aromatic heterocycles. The minimum atomic E-state index is -3.93. The lowest BCUT2D eigenvalue weighted by Crippen LogP contribution is -2.53. The summed E-state index contributed by atoms with van der Waals surface area (Å²) in [6.45, 7) is 13.0. The van der Waals surface area contributed by atoms with Crippen molar-refractivity contribution in [3.05, 3.63) is 64.7 Å². The summed E-state index contributed by atoms with van der Waals surface area (Å²) in [4.78, 5) is 15.0. The van der Waals surface area contributed by atoms with E-state index in [1.807, 2.05) is 37.3 Å². The molecule has 0 aliphatic carbocycles. The number of carbonyl (C=O) groups excluding carboxylic acids is 1. The second-order valence-corrected chi connectivity index (χ2v) is 11.0. The molecule has 2 aromatic carbocycles. The summed E-state index contributed by atoms with van der Waals surface area (Å²) in [5.74, 6) is 0.374. The number of nitrogens with zero attached hydrogens (tertiary/aromatic N) is 2. The molecule has 0 spiro atoms. The summed E-state index contributed by atoms with van der Waals surface area (Å²) in [5, 5.41) is 2.84. The van der Waals surface area contributed by atoms with Gasteiger partial charge in [0.05, 0.1) is 0 Å². The maximum atomic E-state index is 12.9. The lowest BCUT2D eigenvalue weighted by Gasteiger charge is -2.33. The summed E-state index contributed by atoms with van der Waals surface area (Å²) in [6, 6.07) is 13.5. The molecule has 0 unspecified atom stereocenters. The van der Waals surface area contributed by atoms with Crippen molar-refractivity contribution in [3.63, 3.8) is 0 Å². The Morgan fingerprint density at radius 2 is 1.48 bits per heavy atom. The van der Waals surface area contributed by atoms with Gasteiger partial charge in [0.15, 0.2) is 0 Å². The molecule has 0 atom stereocenters. The average Bonchev–Trinajstić information content (AvgIpc) is 2.75. The van der Waals surface area contributed by atoms with Gasteiger partial charge in [-0.15, -0.1) is 0 Å². The van der Waals surface area contributed by atoms with Crippen LogP contribution in [0, 0.1) is 6.92 Å². The van der Waals surface area contributed by atoms with E-state index in [1.54, 1.807) is 0 Å². The highest BCUT2D eigenvalue weighted by Crippen LogP contribution is 2.33. The van der Waals surface area contributed by atoms with Gasteiger partial charge >= 0.3 is 16.2 Å². The molecule has 1 fully saturated rings. The highest BCUT2D eigenvalue weighted by Gasteiger charge is 2.29. The Labute approximate surface area is 198 Å². The summed E-state index contributed by atoms with van der Waals surface area (Å²) in [6.07, 6.45) is 0. The van der Waals surface area contributed by atoms with Crippen LogP contribution in [0.1, 0.15) is 61.8 Å². The van der Waals surface area contributed by atoms with Crippen molar-refractivity contribution in [1.29, 1.82) is 0 Å². The standard InChI is InChI=1S/C25H36N4O3S/c1-18(2)22-15-20(5)16-23(19(3)4)24(22)26-25(30)27-33(31,32)29-13-11-28(12-14-29)17-21-9-7-6-8-10-21/h6-10,15-16,18-19H,11-14,17H2,1-5H3,(H2,26,27,30). The fourth-order valence-electron chi connectivity index (χ4n) is 4.19. The third kappa shape index (κ3) is 6.56. The van der Waals surface area contributed by atoms with E-state index in [2.05, 4.69) is 54.8 Å². The van der Waals surface area contributed by atoms with Crippen molar-refractivity contribution in [1.82, 2.24) is 13.9 Å². The minimum Gasteiger partial charge on any atom is -0.307 e. The molecule has 0 bridgehead atoms. The van der Waals surface area contributed by atoms with Crippen LogP contribution in [0.2, 0.25) is 0 Å². The van der Waals surface area contributed by atoms with Crippen LogP contribution in [-0.4, -0.2) is 49.8 Å². The number of amides is 2. The molecule has 8 heteroatoms. The third-order valence-electron chi connectivity index (χ3n) is 5.97. The Morgan fingerprint density at radius 3 is 2.00 bits per heavy atom. The van der Waals surface area contributed by atoms with Crippen molar-refractivity contribution in [2.75, 3.05) is 31.5 Å². The van der Waals surface area contributed by atoms with E-state index in [1.165, 1.54) is 9.87 Å². The van der Waals surface area contributed by atoms with Crippen LogP contribution >= 0.6 is 0 Å². The number of piperazine rings is 1. The van der Waals surface area contributed by atoms with Crippen LogP contribution in [0.3, 0.4) is 0 Å². The van der Waals surface area contributed by atoms with E-state index in [0.29, 0.717) is 31.9 Å². The Balaban J connectivity index is 1.65. The minimum absolute atomic E-state index is 0.187. The van der Waals surface area contributed by atoms with Crippen LogP contribution in [0.25, 0.3) is 0 Å². The van der Waals surface area contributed by atoms with Crippen molar-refractivity contribution in [2.45, 2.75) is 53.0 Å². The lowest BCUT2D eigenvalue weighted by molar-refractivity contribution is 0.180. The molecule has 0 saturated carbocycles. The number of nitrogens with one attached hydrogen (secondary N) is 2. The monoisotopic (exact) mass is 472 g/mol. The number of carbonyl (C=O) groups is 1. The number of hydrogen-bond donors (Lipinski definition) is 2. The topological polar surface area (TPSA) is 81.8 Å². The molecule has 180 valence electrons. The van der Waals surface area contributed by atoms with Gasteiger partial charge in [-0.1, -0.05) is 75.7 Å². The fraction of sp³-hybridized carbons (Fsp3) is 0.480. The first-order chi connectivity index (χ1) is 15.6. The molecular weight excluding hydrogens is 436 g/mol. The molecule has 3 rings (SSSR count). The van der Waals surface area contributed by atoms with Crippen LogP contribution in [0.4, 0.5) is 10.5 Å². The molecule has 1 aliphatic heterocycles. The van der Waals surface area contributed by atoms with Crippen molar-refractivity contribution >= 4 is 21.9 Å². The van der Waals surface area contributed by atoms with Crippen LogP contribution in [-0.2, 0) is 16.8 Å². The van der Waals surface area contributed by atoms with E-state index < -0.39 is 16.2 Å². The summed E-state index contributed by atoms with van der Waals surface area (Å²) < 4.78 is 29.3. The van der Waals surface area contributed by atoms with Crippen LogP contribution < -0.4 is 10.0 Å². The van der Waals surface area contributed by atoms with E-state index in [9.17, 15) is 13.2 Å². The maximum absolute atomic E-state index is 12.9. The predicted octanol–water partition coefficient (Wildman–Crippen LogP) is 4.43. The highest BCUT2D eigenvalue weighted by molar-refractivity contribution is 7.87. The zero-order valence-corrected chi connectivity index (χ0v) is 21.1. The molecule has 0 radical (unpaired) electrons. The van der Waals surface area contributed by atoms with Crippen molar-refractivity contribution < 1.29 is 13.2 Å². The molecule has 1 heterocycles. The van der Waals surface area contributed by atoms with Gasteiger partial charge in [-0.05, 0) is 35.4 Å². The van der Waals surface area contributed by atoms with E-state index in [0.717, 1.165) is 23.2 Å². The quantitative estimate of drug-likeness (QED) is 0.625. The molecular formula is C25H36N4O3S. The first-order valence-corrected chi connectivity index (χ1v) is 13.0. The molecule has 1 saturated heterocycles. The number of hydrogen-bond acceptors (Lipinski definition) is 4. The van der Waals surface area contributed by atoms with E-state index in [-0.39, 0.29) is 11.8 Å². The first kappa shape index (κ1) is 25.2.